The maximum absolute atomic E-state index is 5.28. The third kappa shape index (κ3) is 4.62. The molecule has 0 fully saturated rings. The van der Waals surface area contributed by atoms with Crippen LogP contribution in [0.4, 0.5) is 0 Å². The summed E-state index contributed by atoms with van der Waals surface area (Å²) in [4.78, 5) is 2.39. The minimum absolute atomic E-state index is 0.586. The van der Waals surface area contributed by atoms with E-state index in [1.165, 1.54) is 12.0 Å². The third-order valence-corrected chi connectivity index (χ3v) is 4.01. The minimum atomic E-state index is 0.586. The Morgan fingerprint density at radius 1 is 1.28 bits per heavy atom. The van der Waals surface area contributed by atoms with Crippen LogP contribution in [0.25, 0.3) is 0 Å². The predicted octanol–water partition coefficient (Wildman–Crippen LogP) is 4.32. The van der Waals surface area contributed by atoms with Gasteiger partial charge in [0, 0.05) is 17.1 Å². The Morgan fingerprint density at radius 3 is 2.50 bits per heavy atom. The Kier molecular flexibility index (Phi) is 6.16. The Bertz CT molecular complexity index is 379. The lowest BCUT2D eigenvalue weighted by molar-refractivity contribution is 0.220. The zero-order valence-electron chi connectivity index (χ0n) is 12.0. The van der Waals surface area contributed by atoms with Crippen LogP contribution in [0.2, 0.25) is 0 Å². The molecule has 0 saturated heterocycles. The number of methoxy groups -OCH3 is 1. The Labute approximate surface area is 119 Å². The molecule has 0 aromatic heterocycles. The first-order chi connectivity index (χ1) is 8.43. The maximum atomic E-state index is 5.28. The zero-order chi connectivity index (χ0) is 13.7. The van der Waals surface area contributed by atoms with Gasteiger partial charge in [-0.15, -0.1) is 0 Å². The van der Waals surface area contributed by atoms with E-state index in [4.69, 9.17) is 4.74 Å². The second-order valence-electron chi connectivity index (χ2n) is 5.35. The first kappa shape index (κ1) is 15.5. The molecule has 1 unspecified atom stereocenters. The van der Waals surface area contributed by atoms with E-state index in [2.05, 4.69) is 60.8 Å². The molecule has 1 rings (SSSR count). The highest BCUT2D eigenvalue weighted by atomic mass is 79.9. The number of hydrogen-bond donors (Lipinski definition) is 0. The van der Waals surface area contributed by atoms with Gasteiger partial charge in [0.25, 0.3) is 0 Å². The van der Waals surface area contributed by atoms with E-state index in [1.807, 2.05) is 6.07 Å². The van der Waals surface area contributed by atoms with E-state index in [-0.39, 0.29) is 0 Å². The molecule has 0 N–H and O–H groups in total. The van der Waals surface area contributed by atoms with Crippen molar-refractivity contribution < 1.29 is 4.74 Å². The van der Waals surface area contributed by atoms with Gasteiger partial charge in [-0.25, -0.2) is 0 Å². The molecule has 0 bridgehead atoms. The summed E-state index contributed by atoms with van der Waals surface area (Å²) in [6, 6.07) is 6.71. The first-order valence-electron chi connectivity index (χ1n) is 6.46. The van der Waals surface area contributed by atoms with Crippen LogP contribution < -0.4 is 4.74 Å². The molecule has 0 aliphatic carbocycles. The fourth-order valence-corrected chi connectivity index (χ4v) is 2.46. The first-order valence-corrected chi connectivity index (χ1v) is 7.26. The molecule has 1 atom stereocenters. The van der Waals surface area contributed by atoms with Gasteiger partial charge in [-0.05, 0) is 50.1 Å². The second-order valence-corrected chi connectivity index (χ2v) is 6.21. The highest BCUT2D eigenvalue weighted by molar-refractivity contribution is 9.10. The van der Waals surface area contributed by atoms with Crippen LogP contribution in [0.5, 0.6) is 5.75 Å². The van der Waals surface area contributed by atoms with Crippen molar-refractivity contribution in [2.45, 2.75) is 39.8 Å². The molecule has 0 aliphatic heterocycles. The van der Waals surface area contributed by atoms with Crippen LogP contribution in [0.1, 0.15) is 32.8 Å². The number of rotatable bonds is 6. The van der Waals surface area contributed by atoms with E-state index in [0.717, 1.165) is 22.7 Å². The molecule has 1 aromatic rings. The summed E-state index contributed by atoms with van der Waals surface area (Å²) in [5, 5.41) is 0. The van der Waals surface area contributed by atoms with Gasteiger partial charge in [0.1, 0.15) is 5.75 Å². The lowest BCUT2D eigenvalue weighted by Gasteiger charge is -2.26. The summed E-state index contributed by atoms with van der Waals surface area (Å²) in [7, 11) is 3.89. The average molecular weight is 314 g/mol. The molecule has 0 amide bonds. The van der Waals surface area contributed by atoms with Crippen molar-refractivity contribution in [2.75, 3.05) is 14.2 Å². The Hall–Kier alpha value is -0.540. The molecule has 0 aliphatic rings. The molecule has 0 saturated carbocycles. The molecule has 102 valence electrons. The number of nitrogens with zero attached hydrogens (tertiary/aromatic N) is 1. The summed E-state index contributed by atoms with van der Waals surface area (Å²) in [5.74, 6) is 1.65. The normalized spacial score (nSPS) is 13.1. The van der Waals surface area contributed by atoms with Gasteiger partial charge in [-0.1, -0.05) is 29.8 Å². The highest BCUT2D eigenvalue weighted by Crippen LogP contribution is 2.24. The van der Waals surface area contributed by atoms with Gasteiger partial charge in [-0.2, -0.15) is 0 Å². The van der Waals surface area contributed by atoms with E-state index in [1.54, 1.807) is 7.11 Å². The van der Waals surface area contributed by atoms with E-state index in [0.29, 0.717) is 6.04 Å². The van der Waals surface area contributed by atoms with Crippen molar-refractivity contribution in [3.05, 3.63) is 28.2 Å². The number of hydrogen-bond acceptors (Lipinski definition) is 2. The Morgan fingerprint density at radius 2 is 1.94 bits per heavy atom. The second kappa shape index (κ2) is 7.15. The van der Waals surface area contributed by atoms with Crippen LogP contribution in [0, 0.1) is 5.92 Å². The zero-order valence-corrected chi connectivity index (χ0v) is 13.6. The molecule has 1 aromatic carbocycles. The van der Waals surface area contributed by atoms with Crippen LogP contribution in [-0.4, -0.2) is 25.1 Å². The van der Waals surface area contributed by atoms with Crippen molar-refractivity contribution >= 4 is 15.9 Å². The number of ether oxygens (including phenoxy) is 1. The standard InChI is InChI=1S/C15H24BrNO/c1-11(2)8-12(3)17(4)10-13-9-14(18-5)6-7-15(13)16/h6-7,9,11-12H,8,10H2,1-5H3. The summed E-state index contributed by atoms with van der Waals surface area (Å²) in [5.41, 5.74) is 1.27. The van der Waals surface area contributed by atoms with Gasteiger partial charge in [-0.3, -0.25) is 4.90 Å². The third-order valence-electron chi connectivity index (χ3n) is 3.24. The van der Waals surface area contributed by atoms with Crippen LogP contribution >= 0.6 is 15.9 Å². The van der Waals surface area contributed by atoms with Crippen molar-refractivity contribution in [2.24, 2.45) is 5.92 Å². The predicted molar refractivity (Wildman–Crippen MR) is 81.1 cm³/mol. The summed E-state index contributed by atoms with van der Waals surface area (Å²) < 4.78 is 6.42. The largest absolute Gasteiger partial charge is 0.497 e. The van der Waals surface area contributed by atoms with Crippen molar-refractivity contribution in [1.29, 1.82) is 0 Å². The molecular formula is C15H24BrNO. The molecule has 0 heterocycles. The summed E-state index contributed by atoms with van der Waals surface area (Å²) in [6.07, 6.45) is 1.22. The van der Waals surface area contributed by atoms with Gasteiger partial charge in [0.15, 0.2) is 0 Å². The van der Waals surface area contributed by atoms with Crippen molar-refractivity contribution in [1.82, 2.24) is 4.90 Å². The van der Waals surface area contributed by atoms with Crippen molar-refractivity contribution in [3.8, 4) is 5.75 Å². The topological polar surface area (TPSA) is 12.5 Å². The van der Waals surface area contributed by atoms with Crippen LogP contribution in [0.15, 0.2) is 22.7 Å². The highest BCUT2D eigenvalue weighted by Gasteiger charge is 2.13. The number of benzene rings is 1. The minimum Gasteiger partial charge on any atom is -0.497 e. The summed E-state index contributed by atoms with van der Waals surface area (Å²) in [6.45, 7) is 7.76. The molecule has 2 nitrogen and oxygen atoms in total. The fourth-order valence-electron chi connectivity index (χ4n) is 2.09. The monoisotopic (exact) mass is 313 g/mol. The van der Waals surface area contributed by atoms with E-state index < -0.39 is 0 Å². The number of halogens is 1. The lowest BCUT2D eigenvalue weighted by atomic mass is 10.0. The fraction of sp³-hybridized carbons (Fsp3) is 0.600. The van der Waals surface area contributed by atoms with Crippen LogP contribution in [0.3, 0.4) is 0 Å². The molecule has 0 radical (unpaired) electrons. The van der Waals surface area contributed by atoms with Gasteiger partial charge < -0.3 is 4.74 Å². The quantitative estimate of drug-likeness (QED) is 0.775. The van der Waals surface area contributed by atoms with E-state index in [9.17, 15) is 0 Å². The molecular weight excluding hydrogens is 290 g/mol. The summed E-state index contributed by atoms with van der Waals surface area (Å²) >= 11 is 3.61. The van der Waals surface area contributed by atoms with E-state index >= 15 is 0 Å². The van der Waals surface area contributed by atoms with Gasteiger partial charge in [0.05, 0.1) is 7.11 Å². The van der Waals surface area contributed by atoms with Gasteiger partial charge >= 0.3 is 0 Å². The smallest absolute Gasteiger partial charge is 0.119 e. The molecule has 0 spiro atoms. The average Bonchev–Trinajstić information content (AvgIpc) is 2.31. The Balaban J connectivity index is 2.71. The van der Waals surface area contributed by atoms with Crippen molar-refractivity contribution in [3.63, 3.8) is 0 Å². The lowest BCUT2D eigenvalue weighted by Crippen LogP contribution is -2.29. The maximum Gasteiger partial charge on any atom is 0.119 e. The van der Waals surface area contributed by atoms with Crippen LogP contribution in [-0.2, 0) is 6.54 Å². The molecule has 18 heavy (non-hydrogen) atoms. The van der Waals surface area contributed by atoms with Gasteiger partial charge in [0.2, 0.25) is 0 Å². The SMILES string of the molecule is COc1ccc(Br)c(CN(C)C(C)CC(C)C)c1. The molecule has 3 heteroatoms.